The fraction of sp³-hybridized carbons (Fsp3) is 0.217. The monoisotopic (exact) mass is 423 g/mol. The molecular weight excluding hydrogens is 398 g/mol. The van der Waals surface area contributed by atoms with E-state index in [-0.39, 0.29) is 11.1 Å². The number of thioether (sulfide) groups is 1. The van der Waals surface area contributed by atoms with Crippen LogP contribution in [0.4, 0.5) is 10.5 Å². The van der Waals surface area contributed by atoms with Crippen molar-refractivity contribution >= 4 is 28.6 Å². The number of carbonyl (C=O) groups excluding carboxylic acids is 2. The minimum Gasteiger partial charge on any atom is -0.497 e. The highest BCUT2D eigenvalue weighted by molar-refractivity contribution is 8.13. The Morgan fingerprint density at radius 1 is 1.03 bits per heavy atom. The van der Waals surface area contributed by atoms with Crippen molar-refractivity contribution < 1.29 is 14.3 Å². The van der Waals surface area contributed by atoms with Crippen LogP contribution in [0, 0.1) is 13.8 Å². The Hall–Kier alpha value is -3.19. The van der Waals surface area contributed by atoms with Gasteiger partial charge in [0, 0.05) is 36.1 Å². The summed E-state index contributed by atoms with van der Waals surface area (Å²) >= 11 is 1.08. The van der Waals surface area contributed by atoms with Gasteiger partial charge in [-0.05, 0) is 68.1 Å². The molecule has 6 nitrogen and oxygen atoms in total. The lowest BCUT2D eigenvalue weighted by atomic mass is 10.2. The van der Waals surface area contributed by atoms with Gasteiger partial charge in [0.1, 0.15) is 5.75 Å². The van der Waals surface area contributed by atoms with Crippen LogP contribution in [-0.4, -0.2) is 41.8 Å². The number of aromatic nitrogens is 1. The number of hydrogen-bond acceptors (Lipinski definition) is 4. The third kappa shape index (κ3) is 4.52. The minimum absolute atomic E-state index is 0.102. The summed E-state index contributed by atoms with van der Waals surface area (Å²) in [6.45, 7) is 3.88. The first-order valence-corrected chi connectivity index (χ1v) is 10.3. The van der Waals surface area contributed by atoms with Gasteiger partial charge in [-0.15, -0.1) is 0 Å². The highest BCUT2D eigenvalue weighted by Gasteiger charge is 2.19. The third-order valence-corrected chi connectivity index (χ3v) is 5.82. The zero-order valence-corrected chi connectivity index (χ0v) is 18.5. The molecule has 30 heavy (non-hydrogen) atoms. The lowest BCUT2D eigenvalue weighted by Gasteiger charge is -2.13. The average molecular weight is 424 g/mol. The molecule has 3 rings (SSSR count). The van der Waals surface area contributed by atoms with E-state index >= 15 is 0 Å². The highest BCUT2D eigenvalue weighted by atomic mass is 32.2. The lowest BCUT2D eigenvalue weighted by molar-refractivity contribution is 0.102. The van der Waals surface area contributed by atoms with Crippen LogP contribution < -0.4 is 10.1 Å². The Morgan fingerprint density at radius 3 is 2.33 bits per heavy atom. The maximum absolute atomic E-state index is 13.1. The van der Waals surface area contributed by atoms with E-state index in [9.17, 15) is 9.59 Å². The molecule has 0 atom stereocenters. The number of benzene rings is 2. The number of methoxy groups -OCH3 is 1. The molecule has 1 aromatic heterocycles. The van der Waals surface area contributed by atoms with Gasteiger partial charge in [0.25, 0.3) is 11.1 Å². The summed E-state index contributed by atoms with van der Waals surface area (Å²) in [5.74, 6) is 0.564. The number of hydrogen-bond donors (Lipinski definition) is 1. The number of ether oxygens (including phenoxy) is 1. The molecule has 0 aliphatic rings. The number of nitrogens with zero attached hydrogens (tertiary/aromatic N) is 2. The van der Waals surface area contributed by atoms with Gasteiger partial charge < -0.3 is 19.5 Å². The predicted octanol–water partition coefficient (Wildman–Crippen LogP) is 5.13. The van der Waals surface area contributed by atoms with Crippen molar-refractivity contribution in [2.45, 2.75) is 18.7 Å². The zero-order chi connectivity index (χ0) is 21.8. The molecule has 1 heterocycles. The van der Waals surface area contributed by atoms with Crippen molar-refractivity contribution in [2.75, 3.05) is 26.5 Å². The Balaban J connectivity index is 1.88. The summed E-state index contributed by atoms with van der Waals surface area (Å²) in [6, 6.07) is 16.9. The molecule has 0 bridgehead atoms. The van der Waals surface area contributed by atoms with Gasteiger partial charge >= 0.3 is 0 Å². The molecule has 7 heteroatoms. The standard InChI is InChI=1S/C23H25N3O3S/c1-15-14-19(16(2)26(15)17-10-12-18(29-5)13-11-17)22(27)24-20-8-6-7-9-21(20)30-23(28)25(3)4/h6-14H,1-5H3,(H,24,27). The quantitative estimate of drug-likeness (QED) is 0.578. The van der Waals surface area contributed by atoms with Gasteiger partial charge in [0.05, 0.1) is 18.4 Å². The molecule has 2 aromatic carbocycles. The number of carbonyl (C=O) groups is 2. The van der Waals surface area contributed by atoms with Crippen LogP contribution >= 0.6 is 11.8 Å². The van der Waals surface area contributed by atoms with Crippen molar-refractivity contribution in [1.29, 1.82) is 0 Å². The first kappa shape index (κ1) is 21.5. The smallest absolute Gasteiger partial charge is 0.286 e. The van der Waals surface area contributed by atoms with E-state index < -0.39 is 0 Å². The van der Waals surface area contributed by atoms with Crippen LogP contribution in [0.5, 0.6) is 5.75 Å². The molecular formula is C23H25N3O3S. The average Bonchev–Trinajstić information content (AvgIpc) is 3.03. The summed E-state index contributed by atoms with van der Waals surface area (Å²) in [4.78, 5) is 27.4. The molecule has 3 aromatic rings. The molecule has 1 N–H and O–H groups in total. The summed E-state index contributed by atoms with van der Waals surface area (Å²) < 4.78 is 7.26. The Bertz CT molecular complexity index is 1070. The first-order valence-electron chi connectivity index (χ1n) is 9.44. The SMILES string of the molecule is COc1ccc(-n2c(C)cc(C(=O)Nc3ccccc3SC(=O)N(C)C)c2C)cc1. The van der Waals surface area contributed by atoms with E-state index in [0.717, 1.165) is 34.6 Å². The van der Waals surface area contributed by atoms with Crippen LogP contribution in [0.2, 0.25) is 0 Å². The van der Waals surface area contributed by atoms with Gasteiger partial charge in [0.2, 0.25) is 0 Å². The number of aryl methyl sites for hydroxylation is 1. The summed E-state index contributed by atoms with van der Waals surface area (Å²) in [5, 5.41) is 2.86. The largest absolute Gasteiger partial charge is 0.497 e. The number of rotatable bonds is 5. The molecule has 0 unspecified atom stereocenters. The Kier molecular flexibility index (Phi) is 6.52. The summed E-state index contributed by atoms with van der Waals surface area (Å²) in [6.07, 6.45) is 0. The Morgan fingerprint density at radius 2 is 1.70 bits per heavy atom. The highest BCUT2D eigenvalue weighted by Crippen LogP contribution is 2.30. The van der Waals surface area contributed by atoms with Crippen molar-refractivity contribution in [2.24, 2.45) is 0 Å². The Labute approximate surface area is 180 Å². The molecule has 0 radical (unpaired) electrons. The molecule has 156 valence electrons. The van der Waals surface area contributed by atoms with Crippen LogP contribution in [-0.2, 0) is 0 Å². The second kappa shape index (κ2) is 9.09. The zero-order valence-electron chi connectivity index (χ0n) is 17.7. The molecule has 0 saturated carbocycles. The summed E-state index contributed by atoms with van der Waals surface area (Å²) in [5.41, 5.74) is 3.94. The first-order chi connectivity index (χ1) is 14.3. The van der Waals surface area contributed by atoms with Gasteiger partial charge in [-0.2, -0.15) is 0 Å². The number of anilines is 1. The number of nitrogens with one attached hydrogen (secondary N) is 1. The van der Waals surface area contributed by atoms with E-state index in [1.54, 1.807) is 27.3 Å². The molecule has 0 aliphatic heterocycles. The van der Waals surface area contributed by atoms with Crippen molar-refractivity contribution in [3.63, 3.8) is 0 Å². The van der Waals surface area contributed by atoms with Crippen LogP contribution in [0.25, 0.3) is 5.69 Å². The van der Waals surface area contributed by atoms with Crippen LogP contribution in [0.15, 0.2) is 59.5 Å². The van der Waals surface area contributed by atoms with Crippen LogP contribution in [0.3, 0.4) is 0 Å². The number of para-hydroxylation sites is 1. The summed E-state index contributed by atoms with van der Waals surface area (Å²) in [7, 11) is 5.03. The van der Waals surface area contributed by atoms with E-state index in [0.29, 0.717) is 16.1 Å². The van der Waals surface area contributed by atoms with Gasteiger partial charge in [-0.3, -0.25) is 9.59 Å². The predicted molar refractivity (Wildman–Crippen MR) is 121 cm³/mol. The van der Waals surface area contributed by atoms with E-state index in [2.05, 4.69) is 5.32 Å². The van der Waals surface area contributed by atoms with E-state index in [1.807, 2.05) is 66.9 Å². The second-order valence-corrected chi connectivity index (χ2v) is 8.02. The maximum Gasteiger partial charge on any atom is 0.286 e. The molecule has 0 aliphatic carbocycles. The fourth-order valence-electron chi connectivity index (χ4n) is 3.16. The third-order valence-electron chi connectivity index (χ3n) is 4.70. The number of amides is 2. The topological polar surface area (TPSA) is 63.6 Å². The van der Waals surface area contributed by atoms with Crippen molar-refractivity contribution in [3.05, 3.63) is 71.5 Å². The van der Waals surface area contributed by atoms with Crippen molar-refractivity contribution in [3.8, 4) is 11.4 Å². The maximum atomic E-state index is 13.1. The minimum atomic E-state index is -0.215. The molecule has 0 spiro atoms. The molecule has 0 fully saturated rings. The normalized spacial score (nSPS) is 10.6. The van der Waals surface area contributed by atoms with Gasteiger partial charge in [0.15, 0.2) is 0 Å². The van der Waals surface area contributed by atoms with Crippen LogP contribution in [0.1, 0.15) is 21.7 Å². The lowest BCUT2D eigenvalue weighted by Crippen LogP contribution is -2.17. The van der Waals surface area contributed by atoms with Gasteiger partial charge in [-0.1, -0.05) is 12.1 Å². The fourth-order valence-corrected chi connectivity index (χ4v) is 3.90. The second-order valence-electron chi connectivity index (χ2n) is 7.03. The van der Waals surface area contributed by atoms with E-state index in [1.165, 1.54) is 4.90 Å². The van der Waals surface area contributed by atoms with E-state index in [4.69, 9.17) is 4.74 Å². The van der Waals surface area contributed by atoms with Gasteiger partial charge in [-0.25, -0.2) is 0 Å². The van der Waals surface area contributed by atoms with Crippen molar-refractivity contribution in [1.82, 2.24) is 9.47 Å². The molecule has 0 saturated heterocycles. The molecule has 2 amide bonds.